The van der Waals surface area contributed by atoms with Gasteiger partial charge in [0, 0.05) is 12.6 Å². The first kappa shape index (κ1) is 15.1. The Bertz CT molecular complexity index is 391. The van der Waals surface area contributed by atoms with Crippen LogP contribution in [-0.2, 0) is 14.3 Å². The number of carbonyl (C=O) groups excluding carboxylic acids is 2. The van der Waals surface area contributed by atoms with E-state index in [1.165, 1.54) is 0 Å². The summed E-state index contributed by atoms with van der Waals surface area (Å²) in [6, 6.07) is -0.496. The van der Waals surface area contributed by atoms with Crippen molar-refractivity contribution in [3.63, 3.8) is 0 Å². The number of hydrogen-bond acceptors (Lipinski definition) is 5. The number of nitrogens with zero attached hydrogens (tertiary/aromatic N) is 1. The molecule has 20 heavy (non-hydrogen) atoms. The number of fused-ring (bicyclic) bond motifs is 2. The molecule has 1 amide bonds. The van der Waals surface area contributed by atoms with Gasteiger partial charge in [-0.05, 0) is 40.5 Å². The summed E-state index contributed by atoms with van der Waals surface area (Å²) in [6.45, 7) is 8.27. The van der Waals surface area contributed by atoms with Gasteiger partial charge in [0.15, 0.2) is 0 Å². The summed E-state index contributed by atoms with van der Waals surface area (Å²) >= 11 is 0. The summed E-state index contributed by atoms with van der Waals surface area (Å²) in [5.74, 6) is -0.286. The molecule has 2 saturated heterocycles. The van der Waals surface area contributed by atoms with Crippen LogP contribution in [0.1, 0.15) is 40.5 Å². The van der Waals surface area contributed by atoms with E-state index in [1.807, 2.05) is 20.8 Å². The van der Waals surface area contributed by atoms with Crippen molar-refractivity contribution in [3.05, 3.63) is 0 Å². The quantitative estimate of drug-likeness (QED) is 0.774. The van der Waals surface area contributed by atoms with Crippen molar-refractivity contribution in [1.82, 2.24) is 10.2 Å². The van der Waals surface area contributed by atoms with Crippen LogP contribution in [0.15, 0.2) is 0 Å². The second-order valence-corrected chi connectivity index (χ2v) is 6.32. The van der Waals surface area contributed by atoms with Crippen LogP contribution < -0.4 is 5.32 Å². The summed E-state index contributed by atoms with van der Waals surface area (Å²) in [4.78, 5) is 26.0. The number of ether oxygens (including phenoxy) is 2. The minimum atomic E-state index is -0.527. The Balaban J connectivity index is 2.10. The molecule has 0 aromatic carbocycles. The lowest BCUT2D eigenvalue weighted by molar-refractivity contribution is -0.148. The van der Waals surface area contributed by atoms with Crippen LogP contribution in [0.5, 0.6) is 0 Å². The molecule has 2 rings (SSSR count). The van der Waals surface area contributed by atoms with Crippen molar-refractivity contribution in [3.8, 4) is 0 Å². The molecule has 114 valence electrons. The van der Waals surface area contributed by atoms with Crippen LogP contribution in [0.3, 0.4) is 0 Å². The molecule has 0 aromatic heterocycles. The van der Waals surface area contributed by atoms with Crippen LogP contribution in [0.4, 0.5) is 4.79 Å². The maximum atomic E-state index is 12.3. The van der Waals surface area contributed by atoms with Crippen LogP contribution in [0.2, 0.25) is 0 Å². The maximum absolute atomic E-state index is 12.3. The minimum Gasteiger partial charge on any atom is -0.465 e. The van der Waals surface area contributed by atoms with Crippen molar-refractivity contribution >= 4 is 12.1 Å². The van der Waals surface area contributed by atoms with Crippen molar-refractivity contribution in [2.24, 2.45) is 0 Å². The Labute approximate surface area is 119 Å². The third-order valence-corrected chi connectivity index (χ3v) is 3.65. The van der Waals surface area contributed by atoms with E-state index in [1.54, 1.807) is 11.8 Å². The van der Waals surface area contributed by atoms with E-state index < -0.39 is 11.6 Å². The van der Waals surface area contributed by atoms with Gasteiger partial charge in [-0.1, -0.05) is 0 Å². The Morgan fingerprint density at radius 1 is 1.30 bits per heavy atom. The summed E-state index contributed by atoms with van der Waals surface area (Å²) in [5.41, 5.74) is -0.527. The van der Waals surface area contributed by atoms with Crippen LogP contribution in [0, 0.1) is 0 Å². The molecule has 0 saturated carbocycles. The summed E-state index contributed by atoms with van der Waals surface area (Å²) in [6.07, 6.45) is 1.37. The van der Waals surface area contributed by atoms with Crippen molar-refractivity contribution < 1.29 is 19.1 Å². The lowest BCUT2D eigenvalue weighted by atomic mass is 10.1. The number of amides is 1. The molecule has 0 aliphatic carbocycles. The number of hydrogen-bond donors (Lipinski definition) is 1. The van der Waals surface area contributed by atoms with Gasteiger partial charge in [-0.2, -0.15) is 0 Å². The fourth-order valence-corrected chi connectivity index (χ4v) is 2.91. The largest absolute Gasteiger partial charge is 0.465 e. The molecule has 0 radical (unpaired) electrons. The van der Waals surface area contributed by atoms with E-state index in [0.717, 1.165) is 12.8 Å². The molecule has 6 heteroatoms. The smallest absolute Gasteiger partial charge is 0.410 e. The number of esters is 1. The van der Waals surface area contributed by atoms with E-state index in [0.29, 0.717) is 13.2 Å². The van der Waals surface area contributed by atoms with Gasteiger partial charge in [-0.3, -0.25) is 9.69 Å². The van der Waals surface area contributed by atoms with Gasteiger partial charge < -0.3 is 14.8 Å². The fraction of sp³-hybridized carbons (Fsp3) is 0.857. The normalized spacial score (nSPS) is 29.2. The zero-order valence-electron chi connectivity index (χ0n) is 12.6. The van der Waals surface area contributed by atoms with Gasteiger partial charge in [-0.15, -0.1) is 0 Å². The molecule has 0 spiro atoms. The number of nitrogens with one attached hydrogen (secondary N) is 1. The Morgan fingerprint density at radius 3 is 2.60 bits per heavy atom. The zero-order chi connectivity index (χ0) is 14.9. The molecule has 0 aromatic rings. The number of carbonyl (C=O) groups is 2. The van der Waals surface area contributed by atoms with Gasteiger partial charge in [0.05, 0.1) is 12.6 Å². The van der Waals surface area contributed by atoms with Crippen molar-refractivity contribution in [2.75, 3.05) is 13.2 Å². The monoisotopic (exact) mass is 284 g/mol. The Hall–Kier alpha value is -1.30. The van der Waals surface area contributed by atoms with Gasteiger partial charge in [0.1, 0.15) is 11.6 Å². The van der Waals surface area contributed by atoms with E-state index in [9.17, 15) is 9.59 Å². The molecule has 1 N–H and O–H groups in total. The molecule has 3 atom stereocenters. The highest BCUT2D eigenvalue weighted by molar-refractivity contribution is 5.79. The first-order valence-electron chi connectivity index (χ1n) is 7.25. The standard InChI is InChI=1S/C14H24N2O4/c1-5-19-12(17)11-10-7-6-9(8-15-11)16(10)13(18)20-14(2,3)4/h9-11,15H,5-8H2,1-4H3/t9-,10+,11+/m0/s1. The second kappa shape index (κ2) is 5.60. The molecule has 6 nitrogen and oxygen atoms in total. The molecular formula is C14H24N2O4. The third-order valence-electron chi connectivity index (χ3n) is 3.65. The molecular weight excluding hydrogens is 260 g/mol. The van der Waals surface area contributed by atoms with Crippen LogP contribution in [-0.4, -0.2) is 53.8 Å². The summed E-state index contributed by atoms with van der Waals surface area (Å²) in [7, 11) is 0. The van der Waals surface area contributed by atoms with Crippen molar-refractivity contribution in [2.45, 2.75) is 64.3 Å². The number of piperazine rings is 1. The fourth-order valence-electron chi connectivity index (χ4n) is 2.91. The predicted octanol–water partition coefficient (Wildman–Crippen LogP) is 1.29. The lowest BCUT2D eigenvalue weighted by Crippen LogP contribution is -2.63. The van der Waals surface area contributed by atoms with Gasteiger partial charge in [-0.25, -0.2) is 4.79 Å². The maximum Gasteiger partial charge on any atom is 0.410 e. The van der Waals surface area contributed by atoms with Crippen molar-refractivity contribution in [1.29, 1.82) is 0 Å². The molecule has 2 fully saturated rings. The van der Waals surface area contributed by atoms with E-state index in [4.69, 9.17) is 9.47 Å². The highest BCUT2D eigenvalue weighted by Gasteiger charge is 2.49. The molecule has 2 aliphatic rings. The Kier molecular flexibility index (Phi) is 4.22. The molecule has 0 unspecified atom stereocenters. The minimum absolute atomic E-state index is 0.112. The first-order chi connectivity index (χ1) is 9.33. The van der Waals surface area contributed by atoms with Gasteiger partial charge in [0.2, 0.25) is 0 Å². The van der Waals surface area contributed by atoms with Crippen LogP contribution in [0.25, 0.3) is 0 Å². The topological polar surface area (TPSA) is 67.9 Å². The highest BCUT2D eigenvalue weighted by Crippen LogP contribution is 2.31. The predicted molar refractivity (Wildman–Crippen MR) is 73.3 cm³/mol. The van der Waals surface area contributed by atoms with E-state index >= 15 is 0 Å². The highest BCUT2D eigenvalue weighted by atomic mass is 16.6. The Morgan fingerprint density at radius 2 is 2.00 bits per heavy atom. The second-order valence-electron chi connectivity index (χ2n) is 6.32. The SMILES string of the molecule is CCOC(=O)[C@@H]1NC[C@@H]2CC[C@H]1N2C(=O)OC(C)(C)C. The van der Waals surface area contributed by atoms with E-state index in [2.05, 4.69) is 5.32 Å². The first-order valence-corrected chi connectivity index (χ1v) is 7.25. The molecule has 2 heterocycles. The average molecular weight is 284 g/mol. The zero-order valence-corrected chi connectivity index (χ0v) is 12.6. The van der Waals surface area contributed by atoms with E-state index in [-0.39, 0.29) is 24.1 Å². The van der Waals surface area contributed by atoms with Gasteiger partial charge >= 0.3 is 12.1 Å². The summed E-state index contributed by atoms with van der Waals surface area (Å²) < 4.78 is 10.5. The van der Waals surface area contributed by atoms with Crippen LogP contribution >= 0.6 is 0 Å². The lowest BCUT2D eigenvalue weighted by Gasteiger charge is -2.39. The number of rotatable bonds is 2. The summed E-state index contributed by atoms with van der Waals surface area (Å²) in [5, 5.41) is 3.19. The van der Waals surface area contributed by atoms with Gasteiger partial charge in [0.25, 0.3) is 0 Å². The average Bonchev–Trinajstić information content (AvgIpc) is 2.62. The molecule has 2 aliphatic heterocycles. The third kappa shape index (κ3) is 3.06. The molecule has 2 bridgehead atoms.